The van der Waals surface area contributed by atoms with Gasteiger partial charge < -0.3 is 19.9 Å². The van der Waals surface area contributed by atoms with Crippen molar-refractivity contribution in [2.75, 3.05) is 23.0 Å². The molecule has 1 aliphatic carbocycles. The quantitative estimate of drug-likeness (QED) is 0.265. The van der Waals surface area contributed by atoms with E-state index in [1.807, 2.05) is 0 Å². The molecule has 4 rings (SSSR count). The first-order chi connectivity index (χ1) is 17.8. The molecular formula is C24H25Cl2N5O4S2. The van der Waals surface area contributed by atoms with Crippen molar-refractivity contribution >= 4 is 74.8 Å². The molecule has 0 aliphatic heterocycles. The number of thioether (sulfide) groups is 1. The molecule has 9 nitrogen and oxygen atoms in total. The molecule has 37 heavy (non-hydrogen) atoms. The Kier molecular flexibility index (Phi) is 9.12. The summed E-state index contributed by atoms with van der Waals surface area (Å²) in [5, 5.41) is 15.6. The van der Waals surface area contributed by atoms with Gasteiger partial charge >= 0.3 is 5.97 Å². The van der Waals surface area contributed by atoms with Gasteiger partial charge in [0.1, 0.15) is 10.8 Å². The summed E-state index contributed by atoms with van der Waals surface area (Å²) in [6, 6.07) is 4.82. The predicted octanol–water partition coefficient (Wildman–Crippen LogP) is 5.15. The summed E-state index contributed by atoms with van der Waals surface area (Å²) >= 11 is 14.5. The third-order valence-electron chi connectivity index (χ3n) is 5.68. The molecule has 2 amide bonds. The van der Waals surface area contributed by atoms with Crippen molar-refractivity contribution in [2.45, 2.75) is 44.2 Å². The maximum atomic E-state index is 12.8. The fourth-order valence-corrected chi connectivity index (χ4v) is 6.23. The van der Waals surface area contributed by atoms with Crippen LogP contribution in [-0.2, 0) is 40.6 Å². The van der Waals surface area contributed by atoms with E-state index in [0.29, 0.717) is 37.3 Å². The van der Waals surface area contributed by atoms with Crippen LogP contribution < -0.4 is 10.6 Å². The minimum absolute atomic E-state index is 0.0137. The zero-order chi connectivity index (χ0) is 26.5. The van der Waals surface area contributed by atoms with E-state index in [1.165, 1.54) is 23.1 Å². The van der Waals surface area contributed by atoms with E-state index >= 15 is 0 Å². The van der Waals surface area contributed by atoms with Crippen LogP contribution >= 0.6 is 46.3 Å². The summed E-state index contributed by atoms with van der Waals surface area (Å²) in [5.41, 5.74) is 1.99. The second kappa shape index (κ2) is 12.3. The number of fused-ring (bicyclic) bond motifs is 1. The van der Waals surface area contributed by atoms with Crippen molar-refractivity contribution in [1.82, 2.24) is 14.8 Å². The molecule has 0 bridgehead atoms. The Labute approximate surface area is 232 Å². The molecule has 0 atom stereocenters. The fourth-order valence-electron chi connectivity index (χ4n) is 3.91. The van der Waals surface area contributed by atoms with Gasteiger partial charge in [-0.05, 0) is 56.4 Å². The Morgan fingerprint density at radius 1 is 1.11 bits per heavy atom. The van der Waals surface area contributed by atoms with E-state index < -0.39 is 5.97 Å². The van der Waals surface area contributed by atoms with Gasteiger partial charge in [0.05, 0.1) is 34.4 Å². The lowest BCUT2D eigenvalue weighted by Crippen LogP contribution is -2.18. The zero-order valence-corrected chi connectivity index (χ0v) is 23.4. The van der Waals surface area contributed by atoms with Crippen molar-refractivity contribution in [2.24, 2.45) is 7.05 Å². The molecule has 2 heterocycles. The van der Waals surface area contributed by atoms with Crippen LogP contribution in [0.25, 0.3) is 0 Å². The number of carbonyl (C=O) groups excluding carboxylic acids is 3. The normalized spacial score (nSPS) is 12.6. The van der Waals surface area contributed by atoms with Crippen molar-refractivity contribution in [3.63, 3.8) is 0 Å². The van der Waals surface area contributed by atoms with Crippen LogP contribution in [0, 0.1) is 0 Å². The van der Waals surface area contributed by atoms with Gasteiger partial charge in [0.15, 0.2) is 5.16 Å². The number of thiophene rings is 1. The molecule has 2 N–H and O–H groups in total. The minimum atomic E-state index is -0.401. The summed E-state index contributed by atoms with van der Waals surface area (Å²) in [6.07, 6.45) is 3.78. The first-order valence-electron chi connectivity index (χ1n) is 11.6. The van der Waals surface area contributed by atoms with Gasteiger partial charge in [-0.3, -0.25) is 9.59 Å². The Morgan fingerprint density at radius 3 is 2.65 bits per heavy atom. The molecule has 0 radical (unpaired) electrons. The molecular weight excluding hydrogens is 557 g/mol. The number of nitrogens with one attached hydrogen (secondary N) is 2. The molecule has 0 saturated carbocycles. The van der Waals surface area contributed by atoms with Gasteiger partial charge in [-0.2, -0.15) is 0 Å². The van der Waals surface area contributed by atoms with Crippen LogP contribution in [0.15, 0.2) is 23.4 Å². The van der Waals surface area contributed by atoms with Crippen LogP contribution in [0.5, 0.6) is 0 Å². The molecule has 0 saturated heterocycles. The first kappa shape index (κ1) is 27.4. The van der Waals surface area contributed by atoms with Crippen LogP contribution in [0.2, 0.25) is 10.0 Å². The largest absolute Gasteiger partial charge is 0.462 e. The first-order valence-corrected chi connectivity index (χ1v) is 14.2. The maximum Gasteiger partial charge on any atom is 0.341 e. The van der Waals surface area contributed by atoms with Crippen LogP contribution in [0.1, 0.15) is 46.4 Å². The number of rotatable bonds is 9. The number of amides is 2. The standard InChI is InChI=1S/C24H25Cl2N5O4S2/c1-3-35-23(34)21-14-6-4-5-7-17(14)37-22(21)28-20(33)12-36-24-30-29-18(31(24)2)11-19(32)27-13-8-9-15(25)16(26)10-13/h8-10H,3-7,11-12H2,1-2H3,(H,27,32)(H,28,33). The highest BCUT2D eigenvalue weighted by Crippen LogP contribution is 2.38. The smallest absolute Gasteiger partial charge is 0.341 e. The number of nitrogens with zero attached hydrogens (tertiary/aromatic N) is 3. The molecule has 1 aromatic carbocycles. The number of carbonyl (C=O) groups is 3. The van der Waals surface area contributed by atoms with E-state index in [1.54, 1.807) is 36.7 Å². The summed E-state index contributed by atoms with van der Waals surface area (Å²) in [5.74, 6) is -0.461. The summed E-state index contributed by atoms with van der Waals surface area (Å²) in [7, 11) is 1.73. The number of aryl methyl sites for hydroxylation is 1. The number of halogens is 2. The number of anilines is 2. The van der Waals surface area contributed by atoms with Crippen molar-refractivity contribution in [3.05, 3.63) is 50.1 Å². The highest BCUT2D eigenvalue weighted by atomic mass is 35.5. The van der Waals surface area contributed by atoms with Crippen LogP contribution in [0.3, 0.4) is 0 Å². The van der Waals surface area contributed by atoms with Gasteiger partial charge in [-0.25, -0.2) is 4.79 Å². The van der Waals surface area contributed by atoms with Crippen LogP contribution in [-0.4, -0.2) is 44.9 Å². The summed E-state index contributed by atoms with van der Waals surface area (Å²) < 4.78 is 6.91. The highest BCUT2D eigenvalue weighted by Gasteiger charge is 2.27. The maximum absolute atomic E-state index is 12.8. The van der Waals surface area contributed by atoms with Gasteiger partial charge in [0.25, 0.3) is 0 Å². The van der Waals surface area contributed by atoms with E-state index in [0.717, 1.165) is 36.1 Å². The second-order valence-electron chi connectivity index (χ2n) is 8.28. The summed E-state index contributed by atoms with van der Waals surface area (Å²) in [4.78, 5) is 38.9. The molecule has 13 heteroatoms. The molecule has 2 aromatic heterocycles. The number of hydrogen-bond donors (Lipinski definition) is 2. The Morgan fingerprint density at radius 2 is 1.89 bits per heavy atom. The van der Waals surface area contributed by atoms with Crippen molar-refractivity contribution < 1.29 is 19.1 Å². The predicted molar refractivity (Wildman–Crippen MR) is 146 cm³/mol. The molecule has 3 aromatic rings. The lowest BCUT2D eigenvalue weighted by Gasteiger charge is -2.12. The van der Waals surface area contributed by atoms with Gasteiger partial charge in [0.2, 0.25) is 11.8 Å². The van der Waals surface area contributed by atoms with E-state index in [-0.39, 0.29) is 30.6 Å². The average molecular weight is 583 g/mol. The van der Waals surface area contributed by atoms with Crippen molar-refractivity contribution in [1.29, 1.82) is 0 Å². The third-order valence-corrected chi connectivity index (χ3v) is 8.65. The molecule has 0 fully saturated rings. The SMILES string of the molecule is CCOC(=O)c1c(NC(=O)CSc2nnc(CC(=O)Nc3ccc(Cl)c(Cl)c3)n2C)sc2c1CCCC2. The van der Waals surface area contributed by atoms with E-state index in [2.05, 4.69) is 20.8 Å². The monoisotopic (exact) mass is 581 g/mol. The van der Waals surface area contributed by atoms with Gasteiger partial charge in [0, 0.05) is 17.6 Å². The lowest BCUT2D eigenvalue weighted by molar-refractivity contribution is -0.116. The van der Waals surface area contributed by atoms with Gasteiger partial charge in [-0.1, -0.05) is 35.0 Å². The number of hydrogen-bond acceptors (Lipinski definition) is 8. The summed E-state index contributed by atoms with van der Waals surface area (Å²) in [6.45, 7) is 2.03. The Balaban J connectivity index is 1.36. The molecule has 196 valence electrons. The van der Waals surface area contributed by atoms with Crippen molar-refractivity contribution in [3.8, 4) is 0 Å². The zero-order valence-electron chi connectivity index (χ0n) is 20.2. The Bertz CT molecular complexity index is 1340. The second-order valence-corrected chi connectivity index (χ2v) is 11.1. The third kappa shape index (κ3) is 6.64. The van der Waals surface area contributed by atoms with Crippen LogP contribution in [0.4, 0.5) is 10.7 Å². The number of aromatic nitrogens is 3. The minimum Gasteiger partial charge on any atom is -0.462 e. The molecule has 0 unspecified atom stereocenters. The lowest BCUT2D eigenvalue weighted by atomic mass is 9.95. The number of benzene rings is 1. The highest BCUT2D eigenvalue weighted by molar-refractivity contribution is 7.99. The Hall–Kier alpha value is -2.60. The van der Waals surface area contributed by atoms with E-state index in [9.17, 15) is 14.4 Å². The average Bonchev–Trinajstić information content (AvgIpc) is 3.39. The number of esters is 1. The fraction of sp³-hybridized carbons (Fsp3) is 0.375. The number of ether oxygens (including phenoxy) is 1. The van der Waals surface area contributed by atoms with Gasteiger partial charge in [-0.15, -0.1) is 21.5 Å². The molecule has 0 spiro atoms. The molecule has 1 aliphatic rings. The van der Waals surface area contributed by atoms with E-state index in [4.69, 9.17) is 27.9 Å². The topological polar surface area (TPSA) is 115 Å².